The number of para-hydroxylation sites is 1. The molecule has 0 aliphatic rings. The highest BCUT2D eigenvalue weighted by Crippen LogP contribution is 2.37. The van der Waals surface area contributed by atoms with Gasteiger partial charge in [-0.05, 0) is 61.0 Å². The zero-order valence-electron chi connectivity index (χ0n) is 16.2. The van der Waals surface area contributed by atoms with Gasteiger partial charge in [0.1, 0.15) is 18.1 Å². The lowest BCUT2D eigenvalue weighted by atomic mass is 10.2. The van der Waals surface area contributed by atoms with E-state index in [2.05, 4.69) is 11.2 Å². The van der Waals surface area contributed by atoms with Crippen molar-refractivity contribution >= 4 is 17.3 Å². The average Bonchev–Trinajstić information content (AvgIpc) is 2.74. The third-order valence-corrected chi connectivity index (χ3v) is 4.28. The average molecular weight is 408 g/mol. The maximum absolute atomic E-state index is 6.37. The molecule has 0 aliphatic heterocycles. The van der Waals surface area contributed by atoms with Crippen LogP contribution in [0.15, 0.2) is 66.7 Å². The minimum Gasteiger partial charge on any atom is -0.490 e. The molecule has 1 N–H and O–H groups in total. The fraction of sp³-hybridized carbons (Fsp3) is 0.167. The van der Waals surface area contributed by atoms with Gasteiger partial charge >= 0.3 is 0 Å². The maximum atomic E-state index is 6.37. The first-order chi connectivity index (χ1) is 14.2. The SMILES string of the molecule is C#CCOc1c(Cl)cc(CNc2ccc(Oc3ccccc3)cc2)cc1OCC. The van der Waals surface area contributed by atoms with Crippen molar-refractivity contribution in [1.82, 2.24) is 0 Å². The Bertz CT molecular complexity index is 966. The highest BCUT2D eigenvalue weighted by Gasteiger charge is 2.12. The molecule has 0 saturated heterocycles. The van der Waals surface area contributed by atoms with E-state index in [1.54, 1.807) is 0 Å². The van der Waals surface area contributed by atoms with Gasteiger partial charge in [0.05, 0.1) is 11.6 Å². The Hall–Kier alpha value is -3.29. The van der Waals surface area contributed by atoms with Crippen LogP contribution in [-0.4, -0.2) is 13.2 Å². The summed E-state index contributed by atoms with van der Waals surface area (Å²) in [6.07, 6.45) is 5.27. The van der Waals surface area contributed by atoms with E-state index in [9.17, 15) is 0 Å². The molecule has 0 spiro atoms. The van der Waals surface area contributed by atoms with E-state index < -0.39 is 0 Å². The standard InChI is InChI=1S/C24H22ClNO3/c1-3-14-28-24-22(25)15-18(16-23(24)27-4-2)17-26-19-10-12-21(13-11-19)29-20-8-6-5-7-9-20/h1,5-13,15-16,26H,4,14,17H2,2H3. The van der Waals surface area contributed by atoms with Crippen molar-refractivity contribution in [2.45, 2.75) is 13.5 Å². The molecule has 3 aromatic rings. The Balaban J connectivity index is 1.65. The molecule has 0 radical (unpaired) electrons. The van der Waals surface area contributed by atoms with Gasteiger partial charge in [-0.1, -0.05) is 35.7 Å². The van der Waals surface area contributed by atoms with Crippen LogP contribution in [0, 0.1) is 12.3 Å². The molecule has 0 aromatic heterocycles. The van der Waals surface area contributed by atoms with Crippen LogP contribution in [-0.2, 0) is 6.54 Å². The second-order valence-corrected chi connectivity index (χ2v) is 6.53. The maximum Gasteiger partial charge on any atom is 0.181 e. The molecular weight excluding hydrogens is 386 g/mol. The third kappa shape index (κ3) is 5.84. The molecule has 0 saturated carbocycles. The molecule has 148 valence electrons. The van der Waals surface area contributed by atoms with Crippen molar-refractivity contribution in [1.29, 1.82) is 0 Å². The molecule has 0 amide bonds. The number of ether oxygens (including phenoxy) is 3. The van der Waals surface area contributed by atoms with Gasteiger partial charge in [0.25, 0.3) is 0 Å². The lowest BCUT2D eigenvalue weighted by molar-refractivity contribution is 0.299. The van der Waals surface area contributed by atoms with Gasteiger partial charge in [0.2, 0.25) is 0 Å². The largest absolute Gasteiger partial charge is 0.490 e. The second kappa shape index (κ2) is 10.3. The van der Waals surface area contributed by atoms with Crippen LogP contribution in [0.3, 0.4) is 0 Å². The van der Waals surface area contributed by atoms with Gasteiger partial charge < -0.3 is 19.5 Å². The number of benzene rings is 3. The number of anilines is 1. The van der Waals surface area contributed by atoms with Crippen LogP contribution >= 0.6 is 11.6 Å². The summed E-state index contributed by atoms with van der Waals surface area (Å²) in [5.74, 6) is 5.07. The smallest absolute Gasteiger partial charge is 0.181 e. The Labute approximate surface area is 176 Å². The number of halogens is 1. The van der Waals surface area contributed by atoms with Gasteiger partial charge in [0, 0.05) is 12.2 Å². The molecule has 0 bridgehead atoms. The molecule has 0 atom stereocenters. The topological polar surface area (TPSA) is 39.7 Å². The molecule has 4 nitrogen and oxygen atoms in total. The van der Waals surface area contributed by atoms with Gasteiger partial charge in [-0.2, -0.15) is 0 Å². The lowest BCUT2D eigenvalue weighted by Gasteiger charge is -2.15. The summed E-state index contributed by atoms with van der Waals surface area (Å²) < 4.78 is 17.0. The van der Waals surface area contributed by atoms with Crippen molar-refractivity contribution in [3.05, 3.63) is 77.3 Å². The Morgan fingerprint density at radius 1 is 0.966 bits per heavy atom. The molecule has 0 heterocycles. The number of hydrogen-bond acceptors (Lipinski definition) is 4. The van der Waals surface area contributed by atoms with Gasteiger partial charge in [-0.25, -0.2) is 0 Å². The predicted molar refractivity (Wildman–Crippen MR) is 117 cm³/mol. The van der Waals surface area contributed by atoms with E-state index in [4.69, 9.17) is 32.2 Å². The van der Waals surface area contributed by atoms with Crippen LogP contribution in [0.4, 0.5) is 5.69 Å². The Morgan fingerprint density at radius 3 is 2.38 bits per heavy atom. The quantitative estimate of drug-likeness (QED) is 0.431. The first kappa shape index (κ1) is 20.4. The van der Waals surface area contributed by atoms with Crippen molar-refractivity contribution < 1.29 is 14.2 Å². The van der Waals surface area contributed by atoms with Crippen LogP contribution in [0.2, 0.25) is 5.02 Å². The molecule has 3 rings (SSSR count). The number of rotatable bonds is 9. The van der Waals surface area contributed by atoms with Gasteiger partial charge in [-0.3, -0.25) is 0 Å². The Morgan fingerprint density at radius 2 is 1.69 bits per heavy atom. The summed E-state index contributed by atoms with van der Waals surface area (Å²) in [7, 11) is 0. The van der Waals surface area contributed by atoms with E-state index in [1.807, 2.05) is 73.7 Å². The van der Waals surface area contributed by atoms with E-state index in [-0.39, 0.29) is 6.61 Å². The first-order valence-corrected chi connectivity index (χ1v) is 9.65. The fourth-order valence-electron chi connectivity index (χ4n) is 2.71. The second-order valence-electron chi connectivity index (χ2n) is 6.12. The van der Waals surface area contributed by atoms with E-state index in [0.717, 1.165) is 22.7 Å². The summed E-state index contributed by atoms with van der Waals surface area (Å²) in [6, 6.07) is 21.2. The molecule has 0 fully saturated rings. The predicted octanol–water partition coefficient (Wildman–Crippen LogP) is 6.16. The summed E-state index contributed by atoms with van der Waals surface area (Å²) in [5.41, 5.74) is 1.93. The highest BCUT2D eigenvalue weighted by molar-refractivity contribution is 6.32. The Kier molecular flexibility index (Phi) is 7.27. The van der Waals surface area contributed by atoms with Gasteiger partial charge in [-0.15, -0.1) is 6.42 Å². The minimum atomic E-state index is 0.134. The summed E-state index contributed by atoms with van der Waals surface area (Å²) in [4.78, 5) is 0. The fourth-order valence-corrected chi connectivity index (χ4v) is 3.00. The van der Waals surface area contributed by atoms with E-state index >= 15 is 0 Å². The number of nitrogens with one attached hydrogen (secondary N) is 1. The monoisotopic (exact) mass is 407 g/mol. The van der Waals surface area contributed by atoms with Crippen LogP contribution in [0.1, 0.15) is 12.5 Å². The molecular formula is C24H22ClNO3. The van der Waals surface area contributed by atoms with Gasteiger partial charge in [0.15, 0.2) is 11.5 Å². The zero-order valence-corrected chi connectivity index (χ0v) is 16.9. The minimum absolute atomic E-state index is 0.134. The van der Waals surface area contributed by atoms with E-state index in [0.29, 0.717) is 29.7 Å². The molecule has 0 aliphatic carbocycles. The van der Waals surface area contributed by atoms with E-state index in [1.165, 1.54) is 0 Å². The number of terminal acetylenes is 1. The summed E-state index contributed by atoms with van der Waals surface area (Å²) in [5, 5.41) is 3.84. The first-order valence-electron chi connectivity index (χ1n) is 9.28. The normalized spacial score (nSPS) is 10.1. The van der Waals surface area contributed by atoms with Crippen molar-refractivity contribution in [3.63, 3.8) is 0 Å². The van der Waals surface area contributed by atoms with Crippen LogP contribution in [0.25, 0.3) is 0 Å². The molecule has 29 heavy (non-hydrogen) atoms. The number of hydrogen-bond donors (Lipinski definition) is 1. The van der Waals surface area contributed by atoms with Crippen molar-refractivity contribution in [3.8, 4) is 35.3 Å². The summed E-state index contributed by atoms with van der Waals surface area (Å²) in [6.45, 7) is 3.12. The third-order valence-electron chi connectivity index (χ3n) is 4.00. The molecule has 5 heteroatoms. The summed E-state index contributed by atoms with van der Waals surface area (Å²) >= 11 is 6.37. The molecule has 0 unspecified atom stereocenters. The lowest BCUT2D eigenvalue weighted by Crippen LogP contribution is -2.04. The van der Waals surface area contributed by atoms with Crippen LogP contribution in [0.5, 0.6) is 23.0 Å². The molecule has 3 aromatic carbocycles. The van der Waals surface area contributed by atoms with Crippen molar-refractivity contribution in [2.75, 3.05) is 18.5 Å². The zero-order chi connectivity index (χ0) is 20.5. The highest BCUT2D eigenvalue weighted by atomic mass is 35.5. The van der Waals surface area contributed by atoms with Crippen LogP contribution < -0.4 is 19.5 Å². The van der Waals surface area contributed by atoms with Crippen molar-refractivity contribution in [2.24, 2.45) is 0 Å².